The fourth-order valence-corrected chi connectivity index (χ4v) is 4.99. The van der Waals surface area contributed by atoms with Gasteiger partial charge in [0.05, 0.1) is 28.8 Å². The highest BCUT2D eigenvalue weighted by atomic mass is 32.2. The van der Waals surface area contributed by atoms with Gasteiger partial charge in [-0.25, -0.2) is 13.4 Å². The zero-order chi connectivity index (χ0) is 16.3. The zero-order valence-corrected chi connectivity index (χ0v) is 14.9. The Labute approximate surface area is 136 Å². The predicted molar refractivity (Wildman–Crippen MR) is 87.6 cm³/mol. The topological polar surface area (TPSA) is 70.6 Å². The molecule has 124 valence electrons. The first kappa shape index (κ1) is 17.4. The van der Waals surface area contributed by atoms with Crippen LogP contribution in [-0.2, 0) is 21.2 Å². The molecule has 0 unspecified atom stereocenters. The van der Waals surface area contributed by atoms with E-state index >= 15 is 0 Å². The Morgan fingerprint density at radius 1 is 1.45 bits per heavy atom. The van der Waals surface area contributed by atoms with Crippen LogP contribution in [0.3, 0.4) is 0 Å². The number of carbonyl (C=O) groups excluding carboxylic acids is 1. The lowest BCUT2D eigenvalue weighted by Gasteiger charge is -2.24. The highest BCUT2D eigenvalue weighted by Crippen LogP contribution is 2.17. The smallest absolute Gasteiger partial charge is 0.223 e. The Hall–Kier alpha value is -0.990. The van der Waals surface area contributed by atoms with Crippen molar-refractivity contribution >= 4 is 27.1 Å². The van der Waals surface area contributed by atoms with Crippen LogP contribution < -0.4 is 0 Å². The van der Waals surface area contributed by atoms with Gasteiger partial charge in [0, 0.05) is 31.4 Å². The van der Waals surface area contributed by atoms with Crippen LogP contribution in [0.5, 0.6) is 0 Å². The summed E-state index contributed by atoms with van der Waals surface area (Å²) in [7, 11) is 0.788. The molecule has 1 aliphatic heterocycles. The number of aryl methyl sites for hydroxylation is 1. The van der Waals surface area contributed by atoms with E-state index in [1.54, 1.807) is 23.3 Å². The first-order chi connectivity index (χ1) is 10.3. The molecule has 0 N–H and O–H groups in total. The van der Waals surface area contributed by atoms with Crippen molar-refractivity contribution in [1.82, 2.24) is 14.8 Å². The van der Waals surface area contributed by atoms with Crippen molar-refractivity contribution in [3.05, 3.63) is 16.1 Å². The summed E-state index contributed by atoms with van der Waals surface area (Å²) in [4.78, 5) is 20.2. The number of carbonyl (C=O) groups is 1. The molecule has 0 spiro atoms. The molecule has 0 aliphatic carbocycles. The molecule has 1 aliphatic rings. The number of rotatable bonds is 6. The Morgan fingerprint density at radius 3 is 2.73 bits per heavy atom. The fourth-order valence-electron chi connectivity index (χ4n) is 2.58. The molecule has 22 heavy (non-hydrogen) atoms. The third-order valence-electron chi connectivity index (χ3n) is 4.00. The van der Waals surface area contributed by atoms with Crippen LogP contribution in [-0.4, -0.2) is 67.3 Å². The van der Waals surface area contributed by atoms with Gasteiger partial charge >= 0.3 is 0 Å². The van der Waals surface area contributed by atoms with Crippen LogP contribution in [0.2, 0.25) is 0 Å². The van der Waals surface area contributed by atoms with Crippen molar-refractivity contribution in [3.8, 4) is 0 Å². The summed E-state index contributed by atoms with van der Waals surface area (Å²) in [6.45, 7) is 3.05. The van der Waals surface area contributed by atoms with E-state index in [1.807, 2.05) is 24.3 Å². The van der Waals surface area contributed by atoms with Gasteiger partial charge in [-0.15, -0.1) is 11.3 Å². The number of amides is 1. The minimum absolute atomic E-state index is 0.0456. The Balaban J connectivity index is 1.77. The van der Waals surface area contributed by atoms with E-state index in [0.717, 1.165) is 10.7 Å². The molecule has 0 aromatic carbocycles. The summed E-state index contributed by atoms with van der Waals surface area (Å²) in [5.74, 6) is 0.531. The first-order valence-corrected chi connectivity index (χ1v) is 10.0. The summed E-state index contributed by atoms with van der Waals surface area (Å²) >= 11 is 1.58. The van der Waals surface area contributed by atoms with E-state index in [2.05, 4.69) is 4.98 Å². The van der Waals surface area contributed by atoms with Crippen molar-refractivity contribution in [1.29, 1.82) is 0 Å². The summed E-state index contributed by atoms with van der Waals surface area (Å²) in [5, 5.41) is 2.97. The van der Waals surface area contributed by atoms with E-state index in [1.165, 1.54) is 0 Å². The highest BCUT2D eigenvalue weighted by molar-refractivity contribution is 7.91. The second-order valence-electron chi connectivity index (χ2n) is 5.90. The van der Waals surface area contributed by atoms with E-state index in [9.17, 15) is 13.2 Å². The molecule has 0 radical (unpaired) electrons. The van der Waals surface area contributed by atoms with Crippen molar-refractivity contribution < 1.29 is 13.2 Å². The van der Waals surface area contributed by atoms with Gasteiger partial charge < -0.3 is 9.80 Å². The first-order valence-electron chi connectivity index (χ1n) is 7.32. The van der Waals surface area contributed by atoms with Crippen LogP contribution in [0.15, 0.2) is 5.38 Å². The normalized spacial score (nSPS) is 20.5. The van der Waals surface area contributed by atoms with Crippen LogP contribution >= 0.6 is 11.3 Å². The van der Waals surface area contributed by atoms with Crippen molar-refractivity contribution in [3.63, 3.8) is 0 Å². The van der Waals surface area contributed by atoms with Crippen LogP contribution in [0.1, 0.15) is 23.5 Å². The summed E-state index contributed by atoms with van der Waals surface area (Å²) in [6, 6.07) is 0.0456. The van der Waals surface area contributed by atoms with Gasteiger partial charge in [-0.3, -0.25) is 4.79 Å². The molecule has 0 saturated carbocycles. The molecule has 1 aromatic heterocycles. The van der Waals surface area contributed by atoms with Gasteiger partial charge in [0.2, 0.25) is 5.91 Å². The van der Waals surface area contributed by atoms with Gasteiger partial charge in [-0.05, 0) is 20.4 Å². The third-order valence-corrected chi connectivity index (χ3v) is 6.57. The molecule has 6 nitrogen and oxygen atoms in total. The minimum Gasteiger partial charge on any atom is -0.340 e. The number of thiazole rings is 1. The predicted octanol–water partition coefficient (Wildman–Crippen LogP) is 0.919. The number of sulfone groups is 1. The monoisotopic (exact) mass is 345 g/mol. The molecule has 1 saturated heterocycles. The molecule has 2 heterocycles. The molecule has 1 fully saturated rings. The Morgan fingerprint density at radius 2 is 2.18 bits per heavy atom. The summed E-state index contributed by atoms with van der Waals surface area (Å²) in [6.07, 6.45) is 1.06. The molecule has 1 amide bonds. The minimum atomic E-state index is -2.88. The number of hydrogen-bond acceptors (Lipinski definition) is 6. The Bertz CT molecular complexity index is 627. The lowest BCUT2D eigenvalue weighted by Crippen LogP contribution is -2.36. The maximum Gasteiger partial charge on any atom is 0.223 e. The molecule has 8 heteroatoms. The van der Waals surface area contributed by atoms with Crippen molar-refractivity contribution in [2.45, 2.75) is 32.4 Å². The van der Waals surface area contributed by atoms with Gasteiger partial charge in [-0.2, -0.15) is 0 Å². The lowest BCUT2D eigenvalue weighted by atomic mass is 10.2. The zero-order valence-electron chi connectivity index (χ0n) is 13.3. The van der Waals surface area contributed by atoms with Gasteiger partial charge in [-0.1, -0.05) is 0 Å². The van der Waals surface area contributed by atoms with Gasteiger partial charge in [0.25, 0.3) is 0 Å². The van der Waals surface area contributed by atoms with Crippen molar-refractivity contribution in [2.24, 2.45) is 0 Å². The SMILES string of the molecule is Cc1nc(CN(C)C(=O)CCN(C)[C@H]2CCS(=O)(=O)C2)cs1. The maximum atomic E-state index is 12.2. The quantitative estimate of drug-likeness (QED) is 0.767. The van der Waals surface area contributed by atoms with Gasteiger partial charge in [0.15, 0.2) is 9.84 Å². The number of hydrogen-bond donors (Lipinski definition) is 0. The molecule has 0 bridgehead atoms. The highest BCUT2D eigenvalue weighted by Gasteiger charge is 2.30. The lowest BCUT2D eigenvalue weighted by molar-refractivity contribution is -0.130. The molecule has 1 aromatic rings. The van der Waals surface area contributed by atoms with Crippen molar-refractivity contribution in [2.75, 3.05) is 32.1 Å². The summed E-state index contributed by atoms with van der Waals surface area (Å²) < 4.78 is 23.0. The Kier molecular flexibility index (Phi) is 5.57. The van der Waals surface area contributed by atoms with Crippen LogP contribution in [0.25, 0.3) is 0 Å². The second kappa shape index (κ2) is 7.06. The van der Waals surface area contributed by atoms with Crippen LogP contribution in [0, 0.1) is 6.92 Å². The average molecular weight is 345 g/mol. The molecular weight excluding hydrogens is 322 g/mol. The fraction of sp³-hybridized carbons (Fsp3) is 0.714. The number of nitrogens with zero attached hydrogens (tertiary/aromatic N) is 3. The van der Waals surface area contributed by atoms with Gasteiger partial charge in [0.1, 0.15) is 0 Å². The van der Waals surface area contributed by atoms with Crippen LogP contribution in [0.4, 0.5) is 0 Å². The molecular formula is C14H23N3O3S2. The standard InChI is InChI=1S/C14H23N3O3S2/c1-11-15-12(9-21-11)8-17(3)14(18)4-6-16(2)13-5-7-22(19,20)10-13/h9,13H,4-8,10H2,1-3H3/t13-/m0/s1. The molecule has 2 rings (SSSR count). The largest absolute Gasteiger partial charge is 0.340 e. The summed E-state index contributed by atoms with van der Waals surface area (Å²) in [5.41, 5.74) is 0.911. The molecule has 1 atom stereocenters. The van der Waals surface area contributed by atoms with E-state index in [4.69, 9.17) is 0 Å². The second-order valence-corrected chi connectivity index (χ2v) is 9.19. The van der Waals surface area contributed by atoms with E-state index in [0.29, 0.717) is 25.9 Å². The average Bonchev–Trinajstić information content (AvgIpc) is 3.01. The van der Waals surface area contributed by atoms with E-state index in [-0.39, 0.29) is 23.5 Å². The maximum absolute atomic E-state index is 12.2. The third kappa shape index (κ3) is 4.76. The van der Waals surface area contributed by atoms with E-state index < -0.39 is 9.84 Å². The number of aromatic nitrogens is 1.